The molecule has 0 spiro atoms. The van der Waals surface area contributed by atoms with Crippen LogP contribution in [0.4, 0.5) is 0 Å². The van der Waals surface area contributed by atoms with Gasteiger partial charge in [-0.3, -0.25) is 0 Å². The van der Waals surface area contributed by atoms with Gasteiger partial charge in [0.2, 0.25) is 0 Å². The first-order chi connectivity index (χ1) is 4.68. The molecule has 0 aliphatic rings. The average molecular weight is 140 g/mol. The van der Waals surface area contributed by atoms with Crippen LogP contribution in [0.2, 0.25) is 0 Å². The number of hydrogen-bond acceptors (Lipinski definition) is 0. The van der Waals surface area contributed by atoms with E-state index in [4.69, 9.17) is 0 Å². The molecule has 60 valence electrons. The summed E-state index contributed by atoms with van der Waals surface area (Å²) < 4.78 is 0. The lowest BCUT2D eigenvalue weighted by atomic mass is 9.80. The minimum Gasteiger partial charge on any atom is -0.0654 e. The molecule has 0 amide bonds. The Labute approximate surface area is 66.0 Å². The topological polar surface area (TPSA) is 0 Å². The molecule has 0 N–H and O–H groups in total. The average Bonchev–Trinajstić information content (AvgIpc) is 2.00. The number of hydrogen-bond donors (Lipinski definition) is 0. The van der Waals surface area contributed by atoms with Gasteiger partial charge >= 0.3 is 0 Å². The molecular weight excluding hydrogens is 120 g/mol. The second-order valence-corrected chi connectivity index (χ2v) is 3.27. The van der Waals surface area contributed by atoms with Crippen molar-refractivity contribution in [2.75, 3.05) is 0 Å². The van der Waals surface area contributed by atoms with Crippen molar-refractivity contribution < 1.29 is 0 Å². The van der Waals surface area contributed by atoms with Gasteiger partial charge < -0.3 is 0 Å². The van der Waals surface area contributed by atoms with Crippen LogP contribution in [0.15, 0.2) is 0 Å². The maximum Gasteiger partial charge on any atom is -0.0143 e. The SMILES string of the molecule is C[C]C(C)(CC)CCCC. The van der Waals surface area contributed by atoms with Crippen LogP contribution < -0.4 is 0 Å². The van der Waals surface area contributed by atoms with E-state index in [2.05, 4.69) is 34.1 Å². The van der Waals surface area contributed by atoms with E-state index in [0.29, 0.717) is 5.41 Å². The second kappa shape index (κ2) is 4.76. The Hall–Kier alpha value is 0. The predicted molar refractivity (Wildman–Crippen MR) is 46.8 cm³/mol. The van der Waals surface area contributed by atoms with Crippen LogP contribution in [-0.4, -0.2) is 0 Å². The first-order valence-corrected chi connectivity index (χ1v) is 4.37. The molecule has 0 heterocycles. The van der Waals surface area contributed by atoms with Crippen LogP contribution in [0.5, 0.6) is 0 Å². The summed E-state index contributed by atoms with van der Waals surface area (Å²) in [6.07, 6.45) is 8.53. The van der Waals surface area contributed by atoms with E-state index in [0.717, 1.165) is 0 Å². The molecule has 0 rings (SSSR count). The van der Waals surface area contributed by atoms with Gasteiger partial charge in [-0.25, -0.2) is 0 Å². The van der Waals surface area contributed by atoms with Gasteiger partial charge in [-0.15, -0.1) is 0 Å². The Morgan fingerprint density at radius 1 is 1.30 bits per heavy atom. The third kappa shape index (κ3) is 3.24. The van der Waals surface area contributed by atoms with Crippen LogP contribution in [0.3, 0.4) is 0 Å². The maximum absolute atomic E-state index is 3.36. The Morgan fingerprint density at radius 3 is 2.20 bits per heavy atom. The Kier molecular flexibility index (Phi) is 4.76. The second-order valence-electron chi connectivity index (χ2n) is 3.27. The zero-order chi connectivity index (χ0) is 8.04. The molecule has 0 saturated carbocycles. The highest BCUT2D eigenvalue weighted by atomic mass is 14.2. The molecule has 0 bridgehead atoms. The molecule has 0 nitrogen and oxygen atoms in total. The highest BCUT2D eigenvalue weighted by Gasteiger charge is 2.18. The fourth-order valence-electron chi connectivity index (χ4n) is 1.05. The molecule has 0 aliphatic carbocycles. The largest absolute Gasteiger partial charge is 0.0654 e. The van der Waals surface area contributed by atoms with E-state index in [9.17, 15) is 0 Å². The van der Waals surface area contributed by atoms with Crippen molar-refractivity contribution >= 4 is 0 Å². The fourth-order valence-corrected chi connectivity index (χ4v) is 1.05. The molecule has 10 heavy (non-hydrogen) atoms. The van der Waals surface area contributed by atoms with Gasteiger partial charge in [-0.2, -0.15) is 0 Å². The number of rotatable bonds is 5. The van der Waals surface area contributed by atoms with E-state index >= 15 is 0 Å². The summed E-state index contributed by atoms with van der Waals surface area (Å²) in [5, 5.41) is 0. The van der Waals surface area contributed by atoms with Gasteiger partial charge in [0.1, 0.15) is 0 Å². The summed E-state index contributed by atoms with van der Waals surface area (Å²) in [4.78, 5) is 0. The summed E-state index contributed by atoms with van der Waals surface area (Å²) in [5.41, 5.74) is 0.385. The quantitative estimate of drug-likeness (QED) is 0.546. The monoisotopic (exact) mass is 140 g/mol. The summed E-state index contributed by atoms with van der Waals surface area (Å²) in [6, 6.07) is 0. The van der Waals surface area contributed by atoms with E-state index in [1.165, 1.54) is 25.7 Å². The van der Waals surface area contributed by atoms with Crippen molar-refractivity contribution in [3.63, 3.8) is 0 Å². The Bertz CT molecular complexity index is 70.1. The fraction of sp³-hybridized carbons (Fsp3) is 0.900. The van der Waals surface area contributed by atoms with Crippen LogP contribution in [-0.2, 0) is 0 Å². The number of unbranched alkanes of at least 4 members (excludes halogenated alkanes) is 1. The van der Waals surface area contributed by atoms with E-state index in [1.807, 2.05) is 0 Å². The zero-order valence-electron chi connectivity index (χ0n) is 7.83. The van der Waals surface area contributed by atoms with Gasteiger partial charge in [0.15, 0.2) is 0 Å². The summed E-state index contributed by atoms with van der Waals surface area (Å²) >= 11 is 0. The molecule has 0 aromatic rings. The van der Waals surface area contributed by atoms with Crippen LogP contribution in [0.1, 0.15) is 53.4 Å². The zero-order valence-corrected chi connectivity index (χ0v) is 7.83. The van der Waals surface area contributed by atoms with Crippen molar-refractivity contribution in [2.24, 2.45) is 5.41 Å². The molecule has 0 fully saturated rings. The van der Waals surface area contributed by atoms with Gasteiger partial charge in [0.25, 0.3) is 0 Å². The molecule has 1 atom stereocenters. The highest BCUT2D eigenvalue weighted by molar-refractivity contribution is 4.83. The first-order valence-electron chi connectivity index (χ1n) is 4.37. The normalized spacial score (nSPS) is 12.0. The van der Waals surface area contributed by atoms with E-state index < -0.39 is 0 Å². The Balaban J connectivity index is 3.58. The maximum atomic E-state index is 3.36. The summed E-state index contributed by atoms with van der Waals surface area (Å²) in [5.74, 6) is 0. The van der Waals surface area contributed by atoms with Crippen LogP contribution in [0.25, 0.3) is 0 Å². The van der Waals surface area contributed by atoms with Crippen molar-refractivity contribution in [3.05, 3.63) is 6.42 Å². The molecule has 0 aliphatic heterocycles. The third-order valence-corrected chi connectivity index (χ3v) is 2.47. The predicted octanol–water partition coefficient (Wildman–Crippen LogP) is 3.69. The molecule has 0 heteroatoms. The first kappa shape index (κ1) is 10.0. The lowest BCUT2D eigenvalue weighted by Gasteiger charge is -2.25. The van der Waals surface area contributed by atoms with E-state index in [-0.39, 0.29) is 0 Å². The van der Waals surface area contributed by atoms with Crippen molar-refractivity contribution in [1.29, 1.82) is 0 Å². The lowest BCUT2D eigenvalue weighted by Crippen LogP contribution is -2.13. The van der Waals surface area contributed by atoms with Crippen molar-refractivity contribution in [2.45, 2.75) is 53.4 Å². The Morgan fingerprint density at radius 2 is 1.90 bits per heavy atom. The van der Waals surface area contributed by atoms with Gasteiger partial charge in [0, 0.05) is 0 Å². The third-order valence-electron chi connectivity index (χ3n) is 2.47. The van der Waals surface area contributed by atoms with E-state index in [1.54, 1.807) is 0 Å². The molecule has 2 radical (unpaired) electrons. The lowest BCUT2D eigenvalue weighted by molar-refractivity contribution is 0.333. The summed E-state index contributed by atoms with van der Waals surface area (Å²) in [6.45, 7) is 8.83. The van der Waals surface area contributed by atoms with Crippen molar-refractivity contribution in [1.82, 2.24) is 0 Å². The minimum atomic E-state index is 0.385. The summed E-state index contributed by atoms with van der Waals surface area (Å²) in [7, 11) is 0. The molecule has 0 aromatic carbocycles. The smallest absolute Gasteiger partial charge is 0.0143 e. The highest BCUT2D eigenvalue weighted by Crippen LogP contribution is 2.30. The van der Waals surface area contributed by atoms with Crippen LogP contribution in [0, 0.1) is 11.8 Å². The van der Waals surface area contributed by atoms with Gasteiger partial charge in [0.05, 0.1) is 0 Å². The van der Waals surface area contributed by atoms with Crippen LogP contribution >= 0.6 is 0 Å². The standard InChI is InChI=1S/C10H20/c1-5-8-9-10(4,6-2)7-3/h5-6,8-9H2,1-4H3. The van der Waals surface area contributed by atoms with Gasteiger partial charge in [-0.05, 0) is 18.3 Å². The molecular formula is C10H20. The van der Waals surface area contributed by atoms with Crippen molar-refractivity contribution in [3.8, 4) is 0 Å². The molecule has 0 aromatic heterocycles. The molecule has 0 saturated heterocycles. The molecule has 1 unspecified atom stereocenters. The van der Waals surface area contributed by atoms with Gasteiger partial charge in [-0.1, -0.05) is 47.0 Å². The minimum absolute atomic E-state index is 0.385.